The molecule has 0 spiro atoms. The summed E-state index contributed by atoms with van der Waals surface area (Å²) in [6, 6.07) is 0. The topological polar surface area (TPSA) is 40.5 Å². The third kappa shape index (κ3) is 1.77. The van der Waals surface area contributed by atoms with Gasteiger partial charge in [-0.05, 0) is 12.8 Å². The van der Waals surface area contributed by atoms with Crippen molar-refractivity contribution < 1.29 is 9.90 Å². The quantitative estimate of drug-likeness (QED) is 0.510. The molecular weight excluding hydrogens is 154 g/mol. The van der Waals surface area contributed by atoms with Crippen LogP contribution < -0.4 is 0 Å². The maximum absolute atomic E-state index is 11.2. The van der Waals surface area contributed by atoms with Crippen molar-refractivity contribution in [2.24, 2.45) is 5.92 Å². The number of nitrogens with zero attached hydrogens (tertiary/aromatic N) is 1. The van der Waals surface area contributed by atoms with Gasteiger partial charge in [0, 0.05) is 19.0 Å². The van der Waals surface area contributed by atoms with Crippen molar-refractivity contribution in [2.45, 2.75) is 20.0 Å². The number of hydrogen-bond donors (Lipinski definition) is 1. The molecule has 1 rings (SSSR count). The first-order valence-electron chi connectivity index (χ1n) is 4.05. The van der Waals surface area contributed by atoms with Gasteiger partial charge in [0.1, 0.15) is 0 Å². The number of hydrogen-bond acceptors (Lipinski definition) is 2. The van der Waals surface area contributed by atoms with Crippen molar-refractivity contribution in [3.63, 3.8) is 0 Å². The van der Waals surface area contributed by atoms with Crippen LogP contribution in [0.25, 0.3) is 0 Å². The summed E-state index contributed by atoms with van der Waals surface area (Å²) in [5, 5.41) is 9.34. The summed E-state index contributed by atoms with van der Waals surface area (Å²) >= 11 is 0. The Morgan fingerprint density at radius 2 is 2.25 bits per heavy atom. The lowest BCUT2D eigenvalue weighted by Gasteiger charge is -2.10. The maximum Gasteiger partial charge on any atom is 0.298 e. The lowest BCUT2D eigenvalue weighted by Crippen LogP contribution is -2.28. The van der Waals surface area contributed by atoms with Gasteiger partial charge in [0.15, 0.2) is 0 Å². The fourth-order valence-electron chi connectivity index (χ4n) is 1.30. The Morgan fingerprint density at radius 3 is 2.67 bits per heavy atom. The fraction of sp³-hybridized carbons (Fsp3) is 0.667. The van der Waals surface area contributed by atoms with E-state index in [1.165, 1.54) is 0 Å². The molecule has 1 N–H and O–H groups in total. The lowest BCUT2D eigenvalue weighted by atomic mass is 10.1. The van der Waals surface area contributed by atoms with Crippen LogP contribution in [0.4, 0.5) is 0 Å². The summed E-state index contributed by atoms with van der Waals surface area (Å²) in [6.07, 6.45) is -0.382. The van der Waals surface area contributed by atoms with E-state index in [2.05, 4.69) is 11.8 Å². The van der Waals surface area contributed by atoms with Gasteiger partial charge in [-0.2, -0.15) is 0 Å². The summed E-state index contributed by atoms with van der Waals surface area (Å²) in [5.41, 5.74) is 0. The van der Waals surface area contributed by atoms with Crippen LogP contribution in [0, 0.1) is 17.8 Å². The Hall–Kier alpha value is -1.01. The summed E-state index contributed by atoms with van der Waals surface area (Å²) in [6.45, 7) is 4.61. The van der Waals surface area contributed by atoms with Gasteiger partial charge >= 0.3 is 0 Å². The van der Waals surface area contributed by atoms with Crippen LogP contribution in [0.5, 0.6) is 0 Å². The second-order valence-electron chi connectivity index (χ2n) is 3.13. The highest BCUT2D eigenvalue weighted by molar-refractivity contribution is 5.93. The largest absolute Gasteiger partial charge is 0.391 e. The van der Waals surface area contributed by atoms with Crippen LogP contribution in [-0.4, -0.2) is 35.1 Å². The van der Waals surface area contributed by atoms with E-state index in [0.717, 1.165) is 0 Å². The molecule has 1 aliphatic heterocycles. The molecular formula is C9H13NO2. The van der Waals surface area contributed by atoms with Gasteiger partial charge in [-0.15, -0.1) is 0 Å². The smallest absolute Gasteiger partial charge is 0.298 e. The number of aliphatic hydroxyl groups excluding tert-OH is 1. The highest BCUT2D eigenvalue weighted by Crippen LogP contribution is 2.15. The number of carbonyl (C=O) groups excluding carboxylic acids is 1. The average Bonchev–Trinajstić information content (AvgIpc) is 2.33. The van der Waals surface area contributed by atoms with Gasteiger partial charge < -0.3 is 10.0 Å². The fourth-order valence-corrected chi connectivity index (χ4v) is 1.30. The van der Waals surface area contributed by atoms with Gasteiger partial charge in [-0.25, -0.2) is 0 Å². The molecule has 0 aromatic heterocycles. The van der Waals surface area contributed by atoms with E-state index in [4.69, 9.17) is 0 Å². The Morgan fingerprint density at radius 1 is 1.58 bits per heavy atom. The summed E-state index contributed by atoms with van der Waals surface area (Å²) in [4.78, 5) is 12.8. The van der Waals surface area contributed by atoms with Crippen molar-refractivity contribution in [3.05, 3.63) is 0 Å². The van der Waals surface area contributed by atoms with Crippen LogP contribution in [0.3, 0.4) is 0 Å². The van der Waals surface area contributed by atoms with Crippen LogP contribution >= 0.6 is 0 Å². The lowest BCUT2D eigenvalue weighted by molar-refractivity contribution is -0.124. The number of likely N-dealkylation sites (tertiary alicyclic amines) is 1. The second-order valence-corrected chi connectivity index (χ2v) is 3.13. The van der Waals surface area contributed by atoms with Crippen molar-refractivity contribution in [3.8, 4) is 11.8 Å². The third-order valence-electron chi connectivity index (χ3n) is 2.09. The highest BCUT2D eigenvalue weighted by Gasteiger charge is 2.29. The first-order valence-corrected chi connectivity index (χ1v) is 4.05. The minimum atomic E-state index is -0.382. The maximum atomic E-state index is 11.2. The first kappa shape index (κ1) is 9.08. The molecule has 2 atom stereocenters. The molecule has 66 valence electrons. The minimum Gasteiger partial charge on any atom is -0.391 e. The van der Waals surface area contributed by atoms with E-state index in [-0.39, 0.29) is 17.9 Å². The van der Waals surface area contributed by atoms with E-state index in [0.29, 0.717) is 13.1 Å². The average molecular weight is 167 g/mol. The Balaban J connectivity index is 2.55. The van der Waals surface area contributed by atoms with Gasteiger partial charge in [-0.1, -0.05) is 12.8 Å². The molecule has 1 aliphatic rings. The molecule has 0 aromatic carbocycles. The summed E-state index contributed by atoms with van der Waals surface area (Å²) in [5.74, 6) is 5.00. The van der Waals surface area contributed by atoms with Crippen molar-refractivity contribution in [2.75, 3.05) is 13.1 Å². The van der Waals surface area contributed by atoms with Gasteiger partial charge in [-0.3, -0.25) is 4.79 Å². The number of amides is 1. The van der Waals surface area contributed by atoms with Gasteiger partial charge in [0.05, 0.1) is 6.10 Å². The van der Waals surface area contributed by atoms with Gasteiger partial charge in [0.2, 0.25) is 0 Å². The number of aliphatic hydroxyl groups is 1. The molecule has 0 aliphatic carbocycles. The zero-order valence-corrected chi connectivity index (χ0v) is 7.37. The predicted molar refractivity (Wildman–Crippen MR) is 45.2 cm³/mol. The van der Waals surface area contributed by atoms with Crippen LogP contribution in [0.1, 0.15) is 13.8 Å². The highest BCUT2D eigenvalue weighted by atomic mass is 16.3. The van der Waals surface area contributed by atoms with Crippen molar-refractivity contribution in [1.82, 2.24) is 4.90 Å². The number of β-amino-alcohol motifs (C(OH)–C–C–N with tert-alkyl or cyclic N) is 1. The Kier molecular flexibility index (Phi) is 2.72. The molecule has 1 amide bonds. The molecule has 0 radical (unpaired) electrons. The van der Waals surface area contributed by atoms with Crippen molar-refractivity contribution >= 4 is 5.91 Å². The van der Waals surface area contributed by atoms with E-state index in [1.54, 1.807) is 11.8 Å². The molecule has 2 unspecified atom stereocenters. The van der Waals surface area contributed by atoms with Crippen LogP contribution in [0.2, 0.25) is 0 Å². The summed E-state index contributed by atoms with van der Waals surface area (Å²) < 4.78 is 0. The molecule has 3 nitrogen and oxygen atoms in total. The summed E-state index contributed by atoms with van der Waals surface area (Å²) in [7, 11) is 0. The van der Waals surface area contributed by atoms with E-state index >= 15 is 0 Å². The minimum absolute atomic E-state index is 0.174. The molecule has 1 heterocycles. The molecule has 3 heteroatoms. The monoisotopic (exact) mass is 167 g/mol. The van der Waals surface area contributed by atoms with Crippen molar-refractivity contribution in [1.29, 1.82) is 0 Å². The molecule has 1 fully saturated rings. The molecule has 0 aromatic rings. The van der Waals surface area contributed by atoms with E-state index < -0.39 is 0 Å². The predicted octanol–water partition coefficient (Wildman–Crippen LogP) is -0.151. The number of carbonyl (C=O) groups is 1. The normalized spacial score (nSPS) is 28.1. The SMILES string of the molecule is CC#CC(=O)N1CC(C)C(O)C1. The van der Waals surface area contributed by atoms with E-state index in [9.17, 15) is 9.90 Å². The standard InChI is InChI=1S/C9H13NO2/c1-3-4-9(12)10-5-7(2)8(11)6-10/h7-8,11H,5-6H2,1-2H3. The Bertz CT molecular complexity index is 229. The van der Waals surface area contributed by atoms with E-state index in [1.807, 2.05) is 6.92 Å². The zero-order chi connectivity index (χ0) is 9.14. The molecule has 1 saturated heterocycles. The number of rotatable bonds is 0. The molecule has 0 bridgehead atoms. The Labute approximate surface area is 72.4 Å². The first-order chi connectivity index (χ1) is 5.65. The molecule has 12 heavy (non-hydrogen) atoms. The molecule has 0 saturated carbocycles. The zero-order valence-electron chi connectivity index (χ0n) is 7.37. The van der Waals surface area contributed by atoms with Gasteiger partial charge in [0.25, 0.3) is 5.91 Å². The van der Waals surface area contributed by atoms with Crippen LogP contribution in [-0.2, 0) is 4.79 Å². The second kappa shape index (κ2) is 3.59. The third-order valence-corrected chi connectivity index (χ3v) is 2.09. The van der Waals surface area contributed by atoms with Crippen LogP contribution in [0.15, 0.2) is 0 Å².